The molecule has 0 unspecified atom stereocenters. The second-order valence-corrected chi connectivity index (χ2v) is 7.46. The van der Waals surface area contributed by atoms with Crippen LogP contribution in [-0.4, -0.2) is 45.3 Å². The van der Waals surface area contributed by atoms with Crippen molar-refractivity contribution in [3.63, 3.8) is 0 Å². The first-order valence-electron chi connectivity index (χ1n) is 8.44. The number of carbonyl (C=O) groups is 1. The number of hydroxylamine groups is 2. The molecule has 128 valence electrons. The average Bonchev–Trinajstić information content (AvgIpc) is 3.24. The Bertz CT molecular complexity index is 720. The molecule has 0 radical (unpaired) electrons. The van der Waals surface area contributed by atoms with Gasteiger partial charge in [-0.3, -0.25) is 19.2 Å². The number of amides is 1. The van der Waals surface area contributed by atoms with Gasteiger partial charge in [-0.2, -0.15) is 5.10 Å². The van der Waals surface area contributed by atoms with Crippen LogP contribution in [0.4, 0.5) is 0 Å². The van der Waals surface area contributed by atoms with Crippen LogP contribution in [0.5, 0.6) is 0 Å². The van der Waals surface area contributed by atoms with Gasteiger partial charge in [-0.25, -0.2) is 5.06 Å². The van der Waals surface area contributed by atoms with Crippen molar-refractivity contribution in [2.75, 3.05) is 19.7 Å². The molecule has 1 atom stereocenters. The third kappa shape index (κ3) is 2.99. The lowest BCUT2D eigenvalue weighted by Crippen LogP contribution is -2.47. The van der Waals surface area contributed by atoms with Gasteiger partial charge in [-0.05, 0) is 42.8 Å². The Morgan fingerprint density at radius 3 is 3.08 bits per heavy atom. The standard InChI is InChI=1S/C17H22N4O2S/c1-13-5-9-24-16(13)12-19-10-14-4-6-18-21(14)15(11-19)17(22)20-7-2-3-8-23-20/h4-6,9,15H,2-3,7-8,10-12H2,1H3/t15-/m1/s1. The van der Waals surface area contributed by atoms with Crippen molar-refractivity contribution in [3.05, 3.63) is 39.8 Å². The molecule has 4 rings (SSSR count). The molecule has 7 heteroatoms. The summed E-state index contributed by atoms with van der Waals surface area (Å²) in [6.45, 7) is 5.81. The summed E-state index contributed by atoms with van der Waals surface area (Å²) in [7, 11) is 0. The summed E-state index contributed by atoms with van der Waals surface area (Å²) in [6.07, 6.45) is 3.81. The van der Waals surface area contributed by atoms with Crippen LogP contribution in [0.3, 0.4) is 0 Å². The number of carbonyl (C=O) groups excluding carboxylic acids is 1. The Morgan fingerprint density at radius 1 is 1.42 bits per heavy atom. The summed E-state index contributed by atoms with van der Waals surface area (Å²) in [4.78, 5) is 22.2. The van der Waals surface area contributed by atoms with Crippen molar-refractivity contribution in [3.8, 4) is 0 Å². The lowest BCUT2D eigenvalue weighted by molar-refractivity contribution is -0.201. The highest BCUT2D eigenvalue weighted by Gasteiger charge is 2.35. The van der Waals surface area contributed by atoms with E-state index in [9.17, 15) is 4.79 Å². The predicted molar refractivity (Wildman–Crippen MR) is 91.3 cm³/mol. The van der Waals surface area contributed by atoms with Crippen molar-refractivity contribution < 1.29 is 9.63 Å². The van der Waals surface area contributed by atoms with Gasteiger partial charge in [0.15, 0.2) is 0 Å². The number of thiophene rings is 1. The zero-order chi connectivity index (χ0) is 16.5. The van der Waals surface area contributed by atoms with Gasteiger partial charge in [0.2, 0.25) is 0 Å². The molecule has 1 saturated heterocycles. The van der Waals surface area contributed by atoms with Gasteiger partial charge in [0.25, 0.3) is 5.91 Å². The Hall–Kier alpha value is -1.70. The van der Waals surface area contributed by atoms with E-state index in [0.717, 1.165) is 31.6 Å². The maximum Gasteiger partial charge on any atom is 0.272 e. The van der Waals surface area contributed by atoms with Gasteiger partial charge in [0, 0.05) is 37.3 Å². The molecule has 2 aromatic heterocycles. The molecular formula is C17H22N4O2S. The first-order valence-corrected chi connectivity index (χ1v) is 9.32. The molecule has 0 aliphatic carbocycles. The van der Waals surface area contributed by atoms with Crippen LogP contribution in [0.1, 0.15) is 35.0 Å². The minimum Gasteiger partial charge on any atom is -0.290 e. The van der Waals surface area contributed by atoms with Crippen LogP contribution in [0.2, 0.25) is 0 Å². The molecule has 0 saturated carbocycles. The molecule has 0 N–H and O–H groups in total. The highest BCUT2D eigenvalue weighted by molar-refractivity contribution is 7.10. The van der Waals surface area contributed by atoms with Crippen molar-refractivity contribution in [1.82, 2.24) is 19.7 Å². The number of aromatic nitrogens is 2. The fraction of sp³-hybridized carbons (Fsp3) is 0.529. The van der Waals surface area contributed by atoms with E-state index in [-0.39, 0.29) is 11.9 Å². The summed E-state index contributed by atoms with van der Waals surface area (Å²) in [5.74, 6) is 0.0206. The molecule has 0 spiro atoms. The molecule has 1 amide bonds. The summed E-state index contributed by atoms with van der Waals surface area (Å²) in [6, 6.07) is 3.85. The van der Waals surface area contributed by atoms with Crippen LogP contribution in [0.25, 0.3) is 0 Å². The summed E-state index contributed by atoms with van der Waals surface area (Å²) in [5, 5.41) is 8.06. The SMILES string of the molecule is Cc1ccsc1CN1Cc2ccnn2[C@@H](C(=O)N2CCCCO2)C1. The third-order valence-electron chi connectivity index (χ3n) is 4.73. The lowest BCUT2D eigenvalue weighted by atomic mass is 10.1. The van der Waals surface area contributed by atoms with E-state index in [2.05, 4.69) is 28.4 Å². The maximum absolute atomic E-state index is 12.9. The van der Waals surface area contributed by atoms with E-state index >= 15 is 0 Å². The normalized spacial score (nSPS) is 21.7. The minimum absolute atomic E-state index is 0.0206. The highest BCUT2D eigenvalue weighted by atomic mass is 32.1. The monoisotopic (exact) mass is 346 g/mol. The van der Waals surface area contributed by atoms with Crippen LogP contribution in [0.15, 0.2) is 23.7 Å². The first-order chi connectivity index (χ1) is 11.7. The molecule has 4 heterocycles. The summed E-state index contributed by atoms with van der Waals surface area (Å²) < 4.78 is 1.87. The average molecular weight is 346 g/mol. The van der Waals surface area contributed by atoms with Crippen molar-refractivity contribution in [2.24, 2.45) is 0 Å². The predicted octanol–water partition coefficient (Wildman–Crippen LogP) is 2.36. The van der Waals surface area contributed by atoms with Crippen molar-refractivity contribution in [2.45, 2.75) is 38.9 Å². The van der Waals surface area contributed by atoms with Crippen LogP contribution < -0.4 is 0 Å². The number of aryl methyl sites for hydroxylation is 1. The Kier molecular flexibility index (Phi) is 4.39. The van der Waals surface area contributed by atoms with Gasteiger partial charge in [0.05, 0.1) is 12.3 Å². The molecule has 2 aliphatic rings. The first kappa shape index (κ1) is 15.8. The smallest absolute Gasteiger partial charge is 0.272 e. The molecule has 0 bridgehead atoms. The molecular weight excluding hydrogens is 324 g/mol. The number of rotatable bonds is 3. The quantitative estimate of drug-likeness (QED) is 0.856. The number of nitrogens with zero attached hydrogens (tertiary/aromatic N) is 4. The fourth-order valence-corrected chi connectivity index (χ4v) is 4.32. The second-order valence-electron chi connectivity index (χ2n) is 6.46. The largest absolute Gasteiger partial charge is 0.290 e. The van der Waals surface area contributed by atoms with E-state index in [1.54, 1.807) is 22.6 Å². The molecule has 2 aromatic rings. The minimum atomic E-state index is -0.304. The van der Waals surface area contributed by atoms with E-state index in [0.29, 0.717) is 19.7 Å². The Labute approximate surface area is 145 Å². The van der Waals surface area contributed by atoms with E-state index in [4.69, 9.17) is 4.84 Å². The molecule has 24 heavy (non-hydrogen) atoms. The Balaban J connectivity index is 1.54. The number of hydrogen-bond acceptors (Lipinski definition) is 5. The van der Waals surface area contributed by atoms with Gasteiger partial charge in [-0.15, -0.1) is 11.3 Å². The lowest BCUT2D eigenvalue weighted by Gasteiger charge is -2.36. The van der Waals surface area contributed by atoms with Gasteiger partial charge < -0.3 is 0 Å². The van der Waals surface area contributed by atoms with Crippen molar-refractivity contribution >= 4 is 17.2 Å². The van der Waals surface area contributed by atoms with Crippen LogP contribution in [-0.2, 0) is 22.7 Å². The van der Waals surface area contributed by atoms with Crippen LogP contribution in [0, 0.1) is 6.92 Å². The van der Waals surface area contributed by atoms with E-state index in [1.165, 1.54) is 10.4 Å². The van der Waals surface area contributed by atoms with Gasteiger partial charge in [-0.1, -0.05) is 0 Å². The fourth-order valence-electron chi connectivity index (χ4n) is 3.37. The van der Waals surface area contributed by atoms with Gasteiger partial charge >= 0.3 is 0 Å². The van der Waals surface area contributed by atoms with Crippen molar-refractivity contribution in [1.29, 1.82) is 0 Å². The van der Waals surface area contributed by atoms with E-state index in [1.807, 2.05) is 10.7 Å². The summed E-state index contributed by atoms with van der Waals surface area (Å²) in [5.41, 5.74) is 2.41. The maximum atomic E-state index is 12.9. The second kappa shape index (κ2) is 6.66. The van der Waals surface area contributed by atoms with Gasteiger partial charge in [0.1, 0.15) is 6.04 Å². The summed E-state index contributed by atoms with van der Waals surface area (Å²) >= 11 is 1.78. The number of hydrogen-bond donors (Lipinski definition) is 0. The third-order valence-corrected chi connectivity index (χ3v) is 5.74. The topological polar surface area (TPSA) is 50.6 Å². The molecule has 6 nitrogen and oxygen atoms in total. The van der Waals surface area contributed by atoms with E-state index < -0.39 is 0 Å². The molecule has 2 aliphatic heterocycles. The van der Waals surface area contributed by atoms with Crippen LogP contribution >= 0.6 is 11.3 Å². The molecule has 1 fully saturated rings. The zero-order valence-corrected chi connectivity index (χ0v) is 14.7. The Morgan fingerprint density at radius 2 is 2.33 bits per heavy atom. The molecule has 0 aromatic carbocycles. The highest BCUT2D eigenvalue weighted by Crippen LogP contribution is 2.26. The number of fused-ring (bicyclic) bond motifs is 1. The zero-order valence-electron chi connectivity index (χ0n) is 13.9.